The maximum atomic E-state index is 6.04. The molecule has 0 radical (unpaired) electrons. The predicted octanol–water partition coefficient (Wildman–Crippen LogP) is 2.69. The van der Waals surface area contributed by atoms with Crippen LogP contribution in [0.3, 0.4) is 0 Å². The van der Waals surface area contributed by atoms with Crippen LogP contribution in [-0.2, 0) is 16.2 Å². The predicted molar refractivity (Wildman–Crippen MR) is 70.8 cm³/mol. The van der Waals surface area contributed by atoms with E-state index in [0.29, 0.717) is 5.88 Å². The first-order chi connectivity index (χ1) is 8.66. The van der Waals surface area contributed by atoms with Gasteiger partial charge in [0, 0.05) is 12.8 Å². The van der Waals surface area contributed by atoms with Gasteiger partial charge in [0.2, 0.25) is 0 Å². The zero-order valence-electron chi connectivity index (χ0n) is 10.6. The van der Waals surface area contributed by atoms with Crippen molar-refractivity contribution >= 4 is 22.8 Å². The topological polar surface area (TPSA) is 39.9 Å². The molecule has 4 nitrogen and oxygen atoms in total. The van der Waals surface area contributed by atoms with Gasteiger partial charge in [-0.3, -0.25) is 0 Å². The smallest absolute Gasteiger partial charge is 0.160 e. The maximum absolute atomic E-state index is 6.04. The molecule has 0 aromatic carbocycles. The molecule has 2 aromatic heterocycles. The van der Waals surface area contributed by atoms with Crippen molar-refractivity contribution in [3.05, 3.63) is 24.2 Å². The van der Waals surface area contributed by atoms with Crippen LogP contribution in [0.15, 0.2) is 18.3 Å². The summed E-state index contributed by atoms with van der Waals surface area (Å²) < 4.78 is 7.88. The Labute approximate surface area is 111 Å². The highest BCUT2D eigenvalue weighted by molar-refractivity contribution is 6.16. The van der Waals surface area contributed by atoms with E-state index < -0.39 is 0 Å². The summed E-state index contributed by atoms with van der Waals surface area (Å²) in [6.45, 7) is 5.06. The molecule has 1 aliphatic heterocycles. The van der Waals surface area contributed by atoms with Crippen LogP contribution in [0, 0.1) is 0 Å². The lowest BCUT2D eigenvalue weighted by atomic mass is 9.94. The third kappa shape index (κ3) is 1.56. The molecule has 2 atom stereocenters. The van der Waals surface area contributed by atoms with E-state index in [0.717, 1.165) is 30.0 Å². The van der Waals surface area contributed by atoms with E-state index in [-0.39, 0.29) is 11.6 Å². The second-order valence-electron chi connectivity index (χ2n) is 4.96. The third-order valence-corrected chi connectivity index (χ3v) is 4.21. The molecule has 1 aliphatic rings. The number of pyridine rings is 1. The van der Waals surface area contributed by atoms with Gasteiger partial charge in [-0.05, 0) is 32.4 Å². The summed E-state index contributed by atoms with van der Waals surface area (Å²) in [5.41, 5.74) is 1.68. The number of alkyl halides is 1. The molecule has 2 aromatic rings. The van der Waals surface area contributed by atoms with E-state index in [2.05, 4.69) is 28.4 Å². The molecule has 0 saturated carbocycles. The zero-order chi connectivity index (χ0) is 12.8. The van der Waals surface area contributed by atoms with Gasteiger partial charge in [-0.15, -0.1) is 11.6 Å². The van der Waals surface area contributed by atoms with E-state index in [1.54, 1.807) is 6.20 Å². The maximum Gasteiger partial charge on any atom is 0.160 e. The summed E-state index contributed by atoms with van der Waals surface area (Å²) in [5, 5.41) is 0. The molecule has 0 N–H and O–H groups in total. The third-order valence-electron chi connectivity index (χ3n) is 3.97. The molecule has 18 heavy (non-hydrogen) atoms. The fourth-order valence-corrected chi connectivity index (χ4v) is 2.88. The Morgan fingerprint density at radius 2 is 2.44 bits per heavy atom. The highest BCUT2D eigenvalue weighted by Gasteiger charge is 2.41. The van der Waals surface area contributed by atoms with Crippen molar-refractivity contribution in [3.8, 4) is 0 Å². The minimum atomic E-state index is -0.118. The molecule has 2 unspecified atom stereocenters. The molecular weight excluding hydrogens is 250 g/mol. The molecule has 96 valence electrons. The Morgan fingerprint density at radius 1 is 1.61 bits per heavy atom. The van der Waals surface area contributed by atoms with E-state index in [9.17, 15) is 0 Å². The first-order valence-electron chi connectivity index (χ1n) is 6.17. The summed E-state index contributed by atoms with van der Waals surface area (Å²) in [6, 6.07) is 3.87. The molecule has 0 spiro atoms. The van der Waals surface area contributed by atoms with Gasteiger partial charge in [-0.2, -0.15) is 0 Å². The van der Waals surface area contributed by atoms with E-state index in [1.165, 1.54) is 0 Å². The fourth-order valence-electron chi connectivity index (χ4n) is 2.70. The molecule has 0 aliphatic carbocycles. The van der Waals surface area contributed by atoms with Crippen LogP contribution in [0.2, 0.25) is 0 Å². The minimum absolute atomic E-state index is 0.118. The number of hydrogen-bond acceptors (Lipinski definition) is 3. The Morgan fingerprint density at radius 3 is 3.11 bits per heavy atom. The standard InChI is InChI=1S/C13H16ClN3O/c1-9-13(2,5-7-18-9)17-11(8-14)16-10-4-3-6-15-12(10)17/h3-4,6,9H,5,7-8H2,1-2H3. The summed E-state index contributed by atoms with van der Waals surface area (Å²) in [6.07, 6.45) is 2.89. The van der Waals surface area contributed by atoms with Crippen molar-refractivity contribution < 1.29 is 4.74 Å². The van der Waals surface area contributed by atoms with Crippen molar-refractivity contribution in [2.75, 3.05) is 6.61 Å². The Bertz CT molecular complexity index is 583. The summed E-state index contributed by atoms with van der Waals surface area (Å²) >= 11 is 6.04. The van der Waals surface area contributed by atoms with Gasteiger partial charge in [0.15, 0.2) is 5.65 Å². The average Bonchev–Trinajstić information content (AvgIpc) is 2.91. The highest BCUT2D eigenvalue weighted by Crippen LogP contribution is 2.36. The van der Waals surface area contributed by atoms with Gasteiger partial charge < -0.3 is 9.30 Å². The van der Waals surface area contributed by atoms with Crippen molar-refractivity contribution in [2.24, 2.45) is 0 Å². The number of hydrogen-bond donors (Lipinski definition) is 0. The number of nitrogens with zero attached hydrogens (tertiary/aromatic N) is 3. The number of halogens is 1. The van der Waals surface area contributed by atoms with Gasteiger partial charge in [0.25, 0.3) is 0 Å². The first-order valence-corrected chi connectivity index (χ1v) is 6.70. The normalized spacial score (nSPS) is 28.1. The van der Waals surface area contributed by atoms with Crippen LogP contribution < -0.4 is 0 Å². The molecule has 3 heterocycles. The highest BCUT2D eigenvalue weighted by atomic mass is 35.5. The first kappa shape index (κ1) is 11.9. The number of imidazole rings is 1. The molecule has 0 amide bonds. The van der Waals surface area contributed by atoms with Gasteiger partial charge in [0.05, 0.1) is 17.5 Å². The van der Waals surface area contributed by atoms with E-state index in [1.807, 2.05) is 12.1 Å². The van der Waals surface area contributed by atoms with Crippen molar-refractivity contribution in [1.29, 1.82) is 0 Å². The lowest BCUT2D eigenvalue weighted by molar-refractivity contribution is 0.0764. The van der Waals surface area contributed by atoms with E-state index >= 15 is 0 Å². The Balaban J connectivity index is 2.26. The van der Waals surface area contributed by atoms with E-state index in [4.69, 9.17) is 16.3 Å². The van der Waals surface area contributed by atoms with Gasteiger partial charge in [-0.25, -0.2) is 9.97 Å². The van der Waals surface area contributed by atoms with Crippen LogP contribution in [0.5, 0.6) is 0 Å². The molecule has 5 heteroatoms. The van der Waals surface area contributed by atoms with Crippen LogP contribution in [-0.4, -0.2) is 27.2 Å². The number of aromatic nitrogens is 3. The largest absolute Gasteiger partial charge is 0.376 e. The molecule has 0 bridgehead atoms. The number of ether oxygens (including phenoxy) is 1. The second kappa shape index (κ2) is 4.21. The fraction of sp³-hybridized carbons (Fsp3) is 0.538. The minimum Gasteiger partial charge on any atom is -0.376 e. The van der Waals surface area contributed by atoms with Gasteiger partial charge in [0.1, 0.15) is 11.3 Å². The molecule has 3 rings (SSSR count). The average molecular weight is 266 g/mol. The summed E-state index contributed by atoms with van der Waals surface area (Å²) in [5.74, 6) is 1.25. The molecular formula is C13H16ClN3O. The van der Waals surface area contributed by atoms with Crippen LogP contribution in [0.25, 0.3) is 11.2 Å². The summed E-state index contributed by atoms with van der Waals surface area (Å²) in [4.78, 5) is 9.03. The van der Waals surface area contributed by atoms with Gasteiger partial charge in [-0.1, -0.05) is 0 Å². The van der Waals surface area contributed by atoms with Gasteiger partial charge >= 0.3 is 0 Å². The zero-order valence-corrected chi connectivity index (χ0v) is 11.3. The SMILES string of the molecule is CC1OCCC1(C)n1c(CCl)nc2cccnc21. The van der Waals surface area contributed by atoms with Crippen molar-refractivity contribution in [3.63, 3.8) is 0 Å². The second-order valence-corrected chi connectivity index (χ2v) is 5.23. The monoisotopic (exact) mass is 265 g/mol. The molecule has 1 fully saturated rings. The van der Waals surface area contributed by atoms with Crippen molar-refractivity contribution in [1.82, 2.24) is 14.5 Å². The van der Waals surface area contributed by atoms with Crippen LogP contribution >= 0.6 is 11.6 Å². The lowest BCUT2D eigenvalue weighted by Crippen LogP contribution is -2.38. The molecule has 1 saturated heterocycles. The number of fused-ring (bicyclic) bond motifs is 1. The van der Waals surface area contributed by atoms with Crippen molar-refractivity contribution in [2.45, 2.75) is 37.8 Å². The van der Waals surface area contributed by atoms with Crippen LogP contribution in [0.4, 0.5) is 0 Å². The Kier molecular flexibility index (Phi) is 2.79. The van der Waals surface area contributed by atoms with Crippen LogP contribution in [0.1, 0.15) is 26.1 Å². The Hall–Kier alpha value is -1.13. The number of rotatable bonds is 2. The summed E-state index contributed by atoms with van der Waals surface area (Å²) in [7, 11) is 0. The quantitative estimate of drug-likeness (QED) is 0.784. The lowest BCUT2D eigenvalue weighted by Gasteiger charge is -2.31.